The molecular formula is C2H7F6LiN3O4S2. The normalized spacial score (nSPS) is 12.4. The summed E-state index contributed by atoms with van der Waals surface area (Å²) in [7, 11) is -10.7. The second-order valence-electron chi connectivity index (χ2n) is 1.98. The zero-order chi connectivity index (χ0) is 14.0. The van der Waals surface area contributed by atoms with E-state index in [1.807, 2.05) is 0 Å². The van der Waals surface area contributed by atoms with Crippen LogP contribution in [0.3, 0.4) is 0 Å². The fourth-order valence-corrected chi connectivity index (χ4v) is 0. The molecule has 0 rings (SSSR count). The van der Waals surface area contributed by atoms with Crippen LogP contribution in [0.2, 0.25) is 0 Å². The molecule has 0 unspecified atom stereocenters. The van der Waals surface area contributed by atoms with Crippen molar-refractivity contribution in [3.8, 4) is 0 Å². The van der Waals surface area contributed by atoms with Crippen LogP contribution in [0.15, 0.2) is 0 Å². The summed E-state index contributed by atoms with van der Waals surface area (Å²) in [6.07, 6.45) is 0. The van der Waals surface area contributed by atoms with Gasteiger partial charge in [-0.05, 0) is 0 Å². The summed E-state index contributed by atoms with van der Waals surface area (Å²) in [4.78, 5) is 0. The van der Waals surface area contributed by atoms with E-state index in [9.17, 15) is 43.2 Å². The molecule has 0 aliphatic rings. The maximum Gasteiger partial charge on any atom is 0.511 e. The Labute approximate surface area is 110 Å². The molecule has 0 atom stereocenters. The zero-order valence-electron chi connectivity index (χ0n) is 8.58. The Morgan fingerprint density at radius 2 is 0.722 bits per heavy atom. The Morgan fingerprint density at radius 1 is 0.667 bits per heavy atom. The van der Waals surface area contributed by atoms with E-state index >= 15 is 0 Å². The van der Waals surface area contributed by atoms with E-state index in [4.69, 9.17) is 0 Å². The molecule has 0 aromatic heterocycles. The topological polar surface area (TPSA) is 155 Å². The second kappa shape index (κ2) is 7.52. The molecule has 16 heteroatoms. The Morgan fingerprint density at radius 3 is 0.722 bits per heavy atom. The van der Waals surface area contributed by atoms with Gasteiger partial charge in [0.15, 0.2) is 0 Å². The molecule has 0 aliphatic carbocycles. The number of rotatable bonds is 0. The predicted octanol–water partition coefficient (Wildman–Crippen LogP) is -0.629. The van der Waals surface area contributed by atoms with E-state index in [0.717, 1.165) is 0 Å². The van der Waals surface area contributed by atoms with Gasteiger partial charge in [0.2, 0.25) is 0 Å². The van der Waals surface area contributed by atoms with Gasteiger partial charge in [-0.15, -0.1) is 0 Å². The van der Waals surface area contributed by atoms with Crippen molar-refractivity contribution in [3.05, 3.63) is 0 Å². The van der Waals surface area contributed by atoms with E-state index in [-0.39, 0.29) is 25.0 Å². The first-order chi connectivity index (χ1) is 6.50. The first kappa shape index (κ1) is 26.5. The maximum absolute atomic E-state index is 10.8. The van der Waals surface area contributed by atoms with Crippen LogP contribution in [0, 0.1) is 0 Å². The molecule has 18 heavy (non-hydrogen) atoms. The number of hydrogen-bond acceptors (Lipinski definition) is 5. The number of alkyl halides is 6. The molecule has 0 aromatic rings. The standard InChI is InChI=1S/2CH2F3NO2S.Li.H3N/c2*2-1(3,4)8(5,6)7;;/h2*(H2,5,6,7);;1H3. The van der Waals surface area contributed by atoms with Gasteiger partial charge in [0.1, 0.15) is 0 Å². The minimum atomic E-state index is -5.34. The average Bonchev–Trinajstić information content (AvgIpc) is 1.77. The molecule has 109 valence electrons. The molecule has 0 heterocycles. The van der Waals surface area contributed by atoms with Crippen LogP contribution in [0.4, 0.5) is 26.3 Å². The molecule has 0 saturated heterocycles. The Bertz CT molecular complexity index is 383. The van der Waals surface area contributed by atoms with Gasteiger partial charge in [-0.25, -0.2) is 27.1 Å². The van der Waals surface area contributed by atoms with Gasteiger partial charge in [-0.1, -0.05) is 0 Å². The van der Waals surface area contributed by atoms with Crippen LogP contribution in [0.25, 0.3) is 0 Å². The van der Waals surface area contributed by atoms with Crippen molar-refractivity contribution in [3.63, 3.8) is 0 Å². The van der Waals surface area contributed by atoms with E-state index < -0.39 is 31.1 Å². The Hall–Kier alpha value is -0.0426. The second-order valence-corrected chi connectivity index (χ2v) is 5.09. The minimum absolute atomic E-state index is 0. The van der Waals surface area contributed by atoms with Crippen LogP contribution < -0.4 is 16.4 Å². The summed E-state index contributed by atoms with van der Waals surface area (Å²) in [5.74, 6) is 0. The van der Waals surface area contributed by atoms with Gasteiger partial charge in [0.25, 0.3) is 0 Å². The Balaban J connectivity index is -0.0000000980. The predicted molar refractivity (Wildman–Crippen MR) is 49.1 cm³/mol. The average molecular weight is 322 g/mol. The number of primary sulfonamides is 2. The molecule has 0 aliphatic heterocycles. The molecule has 0 aromatic carbocycles. The molecule has 7 nitrogen and oxygen atoms in total. The van der Waals surface area contributed by atoms with Crippen molar-refractivity contribution in [1.29, 1.82) is 0 Å². The molecule has 0 bridgehead atoms. The summed E-state index contributed by atoms with van der Waals surface area (Å²) < 4.78 is 102. The van der Waals surface area contributed by atoms with Crippen LogP contribution in [0.1, 0.15) is 0 Å². The SMILES string of the molecule is N.NS(=O)(=O)C(F)(F)F.NS(=O)(=O)C(F)(F)F.[Li]. The molecule has 7 N–H and O–H groups in total. The molecule has 0 spiro atoms. The van der Waals surface area contributed by atoms with Crippen molar-refractivity contribution < 1.29 is 43.2 Å². The third-order valence-corrected chi connectivity index (χ3v) is 1.94. The number of hydrogen-bond donors (Lipinski definition) is 3. The Kier molecular flexibility index (Phi) is 11.1. The number of halogens is 6. The summed E-state index contributed by atoms with van der Waals surface area (Å²) in [6, 6.07) is 0. The van der Waals surface area contributed by atoms with Gasteiger partial charge in [0.05, 0.1) is 0 Å². The monoisotopic (exact) mass is 322 g/mol. The first-order valence-corrected chi connectivity index (χ1v) is 5.77. The summed E-state index contributed by atoms with van der Waals surface area (Å²) in [5.41, 5.74) is -10.6. The van der Waals surface area contributed by atoms with E-state index in [1.165, 1.54) is 0 Å². The van der Waals surface area contributed by atoms with E-state index in [1.54, 1.807) is 0 Å². The van der Waals surface area contributed by atoms with Crippen molar-refractivity contribution in [2.75, 3.05) is 0 Å². The summed E-state index contributed by atoms with van der Waals surface area (Å²) >= 11 is 0. The summed E-state index contributed by atoms with van der Waals surface area (Å²) in [6.45, 7) is 0. The minimum Gasteiger partial charge on any atom is -0.344 e. The first-order valence-electron chi connectivity index (χ1n) is 2.68. The van der Waals surface area contributed by atoms with Crippen molar-refractivity contribution in [1.82, 2.24) is 6.15 Å². The van der Waals surface area contributed by atoms with Gasteiger partial charge in [-0.2, -0.15) is 26.3 Å². The van der Waals surface area contributed by atoms with Gasteiger partial charge < -0.3 is 6.15 Å². The van der Waals surface area contributed by atoms with Crippen LogP contribution in [-0.4, -0.2) is 46.7 Å². The third kappa shape index (κ3) is 11.1. The molecular weight excluding hydrogens is 315 g/mol. The maximum atomic E-state index is 10.8. The fraction of sp³-hybridized carbons (Fsp3) is 1.00. The van der Waals surface area contributed by atoms with E-state index in [2.05, 4.69) is 10.3 Å². The van der Waals surface area contributed by atoms with Gasteiger partial charge in [0, 0.05) is 18.9 Å². The smallest absolute Gasteiger partial charge is 0.344 e. The number of sulfonamides is 2. The quantitative estimate of drug-likeness (QED) is 0.400. The third-order valence-electron chi connectivity index (χ3n) is 0.645. The largest absolute Gasteiger partial charge is 0.511 e. The van der Waals surface area contributed by atoms with Crippen LogP contribution in [-0.2, 0) is 20.0 Å². The molecule has 0 saturated carbocycles. The van der Waals surface area contributed by atoms with Crippen molar-refractivity contribution >= 4 is 38.9 Å². The number of nitrogens with two attached hydrogens (primary N) is 2. The molecule has 0 amide bonds. The molecule has 0 fully saturated rings. The van der Waals surface area contributed by atoms with E-state index in [0.29, 0.717) is 0 Å². The summed E-state index contributed by atoms with van der Waals surface area (Å²) in [5, 5.41) is 7.32. The van der Waals surface area contributed by atoms with Crippen LogP contribution in [0.5, 0.6) is 0 Å². The molecule has 1 radical (unpaired) electrons. The van der Waals surface area contributed by atoms with Gasteiger partial charge in [-0.3, -0.25) is 0 Å². The zero-order valence-corrected chi connectivity index (χ0v) is 10.2. The van der Waals surface area contributed by atoms with Gasteiger partial charge >= 0.3 is 31.1 Å². The van der Waals surface area contributed by atoms with Crippen molar-refractivity contribution in [2.45, 2.75) is 11.0 Å². The van der Waals surface area contributed by atoms with Crippen LogP contribution >= 0.6 is 0 Å². The fourth-order valence-electron chi connectivity index (χ4n) is 0. The van der Waals surface area contributed by atoms with Crippen molar-refractivity contribution in [2.24, 2.45) is 10.3 Å².